The van der Waals surface area contributed by atoms with Crippen LogP contribution in [0, 0.1) is 22.7 Å². The molecule has 2 aromatic carbocycles. The highest BCUT2D eigenvalue weighted by Crippen LogP contribution is 2.30. The van der Waals surface area contributed by atoms with E-state index in [1.807, 2.05) is 25.1 Å². The van der Waals surface area contributed by atoms with Crippen molar-refractivity contribution >= 4 is 34.6 Å². The van der Waals surface area contributed by atoms with Crippen LogP contribution in [-0.2, 0) is 0 Å². The Hall–Kier alpha value is -4.08. The van der Waals surface area contributed by atoms with Crippen molar-refractivity contribution in [2.75, 3.05) is 25.7 Å². The summed E-state index contributed by atoms with van der Waals surface area (Å²) >= 11 is 6.32. The molecule has 0 unspecified atom stereocenters. The van der Waals surface area contributed by atoms with Crippen LogP contribution in [0.2, 0.25) is 5.02 Å². The quantitative estimate of drug-likeness (QED) is 0.483. The number of halogens is 1. The lowest BCUT2D eigenvalue weighted by molar-refractivity contribution is 0.0752. The Bertz CT molecular complexity index is 1180. The molecule has 3 rings (SSSR count). The maximum absolute atomic E-state index is 13.1. The van der Waals surface area contributed by atoms with Crippen molar-refractivity contribution in [1.82, 2.24) is 5.01 Å². The van der Waals surface area contributed by atoms with Gasteiger partial charge in [0.15, 0.2) is 11.5 Å². The highest BCUT2D eigenvalue weighted by molar-refractivity contribution is 6.34. The molecule has 0 bridgehead atoms. The molecule has 2 aromatic rings. The molecule has 33 heavy (non-hydrogen) atoms. The zero-order valence-corrected chi connectivity index (χ0v) is 18.9. The Kier molecular flexibility index (Phi) is 7.85. The summed E-state index contributed by atoms with van der Waals surface area (Å²) in [5.41, 5.74) is 4.58. The molecule has 168 valence electrons. The van der Waals surface area contributed by atoms with Gasteiger partial charge in [0.1, 0.15) is 12.1 Å². The number of nitrogens with one attached hydrogen (secondary N) is 1. The largest absolute Gasteiger partial charge is 0.493 e. The number of nitrogens with zero attached hydrogens (tertiary/aromatic N) is 5. The van der Waals surface area contributed by atoms with E-state index >= 15 is 0 Å². The molecule has 0 aliphatic carbocycles. The van der Waals surface area contributed by atoms with Crippen molar-refractivity contribution in [2.24, 2.45) is 10.2 Å². The second-order valence-corrected chi connectivity index (χ2v) is 7.27. The SMILES string of the molecule is CCOc1cc(C2=NN(C(=O)c3ccc(NN=C(C#N)C#N)cc3Cl)CCC2)ccc1OC. The number of anilines is 1. The predicted molar refractivity (Wildman–Crippen MR) is 125 cm³/mol. The maximum Gasteiger partial charge on any atom is 0.275 e. The van der Waals surface area contributed by atoms with Gasteiger partial charge in [0.05, 0.1) is 35.7 Å². The molecule has 0 atom stereocenters. The fraction of sp³-hybridized carbons (Fsp3) is 0.261. The van der Waals surface area contributed by atoms with Crippen molar-refractivity contribution in [3.05, 3.63) is 52.5 Å². The molecule has 1 heterocycles. The number of nitriles is 2. The van der Waals surface area contributed by atoms with Crippen LogP contribution in [0.4, 0.5) is 5.69 Å². The molecule has 0 radical (unpaired) electrons. The monoisotopic (exact) mass is 464 g/mol. The third-order valence-corrected chi connectivity index (χ3v) is 5.08. The summed E-state index contributed by atoms with van der Waals surface area (Å²) in [6.45, 7) is 2.86. The van der Waals surface area contributed by atoms with Gasteiger partial charge in [-0.1, -0.05) is 11.6 Å². The van der Waals surface area contributed by atoms with Crippen molar-refractivity contribution < 1.29 is 14.3 Å². The highest BCUT2D eigenvalue weighted by atomic mass is 35.5. The van der Waals surface area contributed by atoms with E-state index in [0.717, 1.165) is 24.1 Å². The molecule has 9 nitrogen and oxygen atoms in total. The van der Waals surface area contributed by atoms with E-state index in [9.17, 15) is 4.79 Å². The number of methoxy groups -OCH3 is 1. The number of carbonyl (C=O) groups is 1. The van der Waals surface area contributed by atoms with Gasteiger partial charge in [0, 0.05) is 12.1 Å². The number of hydrazone groups is 2. The average Bonchev–Trinajstić information content (AvgIpc) is 2.84. The minimum absolute atomic E-state index is 0.195. The van der Waals surface area contributed by atoms with E-state index < -0.39 is 0 Å². The van der Waals surface area contributed by atoms with Crippen LogP contribution in [0.3, 0.4) is 0 Å². The van der Waals surface area contributed by atoms with E-state index in [4.69, 9.17) is 31.6 Å². The molecule has 1 N–H and O–H groups in total. The first kappa shape index (κ1) is 23.6. The summed E-state index contributed by atoms with van der Waals surface area (Å²) in [7, 11) is 1.58. The zero-order valence-electron chi connectivity index (χ0n) is 18.1. The number of amides is 1. The molecule has 1 amide bonds. The van der Waals surface area contributed by atoms with Gasteiger partial charge in [-0.05, 0) is 56.2 Å². The number of carbonyl (C=O) groups excluding carboxylic acids is 1. The fourth-order valence-corrected chi connectivity index (χ4v) is 3.47. The summed E-state index contributed by atoms with van der Waals surface area (Å²) < 4.78 is 11.0. The second kappa shape index (κ2) is 11.0. The van der Waals surface area contributed by atoms with Crippen LogP contribution in [0.15, 0.2) is 46.6 Å². The van der Waals surface area contributed by atoms with Crippen LogP contribution in [0.25, 0.3) is 0 Å². The van der Waals surface area contributed by atoms with Crippen LogP contribution in [-0.4, -0.2) is 42.6 Å². The average molecular weight is 465 g/mol. The van der Waals surface area contributed by atoms with Crippen molar-refractivity contribution in [1.29, 1.82) is 10.5 Å². The number of ether oxygens (including phenoxy) is 2. The highest BCUT2D eigenvalue weighted by Gasteiger charge is 2.23. The van der Waals surface area contributed by atoms with Gasteiger partial charge >= 0.3 is 0 Å². The molecule has 0 aromatic heterocycles. The molecular formula is C23H21ClN6O3. The van der Waals surface area contributed by atoms with Crippen LogP contribution in [0.1, 0.15) is 35.7 Å². The molecular weight excluding hydrogens is 444 g/mol. The third kappa shape index (κ3) is 5.59. The van der Waals surface area contributed by atoms with Crippen LogP contribution < -0.4 is 14.9 Å². The Morgan fingerprint density at radius 3 is 2.70 bits per heavy atom. The molecule has 10 heteroatoms. The first-order valence-corrected chi connectivity index (χ1v) is 10.5. The molecule has 0 saturated carbocycles. The minimum Gasteiger partial charge on any atom is -0.493 e. The van der Waals surface area contributed by atoms with E-state index in [1.54, 1.807) is 31.4 Å². The van der Waals surface area contributed by atoms with Crippen LogP contribution in [0.5, 0.6) is 11.5 Å². The normalized spacial score (nSPS) is 12.6. The molecule has 0 spiro atoms. The minimum atomic E-state index is -0.333. The van der Waals surface area contributed by atoms with Gasteiger partial charge < -0.3 is 9.47 Å². The van der Waals surface area contributed by atoms with E-state index in [0.29, 0.717) is 30.3 Å². The van der Waals surface area contributed by atoms with E-state index in [1.165, 1.54) is 11.1 Å². The van der Waals surface area contributed by atoms with Crippen LogP contribution >= 0.6 is 11.6 Å². The maximum atomic E-state index is 13.1. The summed E-state index contributed by atoms with van der Waals surface area (Å²) in [5.74, 6) is 0.917. The molecule has 0 fully saturated rings. The number of hydrogen-bond acceptors (Lipinski definition) is 8. The predicted octanol–water partition coefficient (Wildman–Crippen LogP) is 4.20. The number of rotatable bonds is 7. The number of benzene rings is 2. The Morgan fingerprint density at radius 2 is 2.03 bits per heavy atom. The van der Waals surface area contributed by atoms with Crippen molar-refractivity contribution in [2.45, 2.75) is 19.8 Å². The Labute approximate surface area is 196 Å². The molecule has 1 aliphatic rings. The first-order chi connectivity index (χ1) is 16.0. The number of hydrogen-bond donors (Lipinski definition) is 1. The molecule has 1 aliphatic heterocycles. The fourth-order valence-electron chi connectivity index (χ4n) is 3.21. The molecule has 0 saturated heterocycles. The van der Waals surface area contributed by atoms with E-state index in [-0.39, 0.29) is 22.2 Å². The smallest absolute Gasteiger partial charge is 0.275 e. The van der Waals surface area contributed by atoms with Crippen molar-refractivity contribution in [3.63, 3.8) is 0 Å². The Morgan fingerprint density at radius 1 is 1.24 bits per heavy atom. The van der Waals surface area contributed by atoms with E-state index in [2.05, 4.69) is 15.6 Å². The lowest BCUT2D eigenvalue weighted by Gasteiger charge is -2.24. The van der Waals surface area contributed by atoms with Crippen molar-refractivity contribution in [3.8, 4) is 23.6 Å². The summed E-state index contributed by atoms with van der Waals surface area (Å²) in [6, 6.07) is 13.5. The van der Waals surface area contributed by atoms with Gasteiger partial charge in [-0.15, -0.1) is 0 Å². The second-order valence-electron chi connectivity index (χ2n) is 6.87. The summed E-state index contributed by atoms with van der Waals surface area (Å²) in [5, 5.41) is 27.3. The van der Waals surface area contributed by atoms with Gasteiger partial charge in [0.25, 0.3) is 5.91 Å². The van der Waals surface area contributed by atoms with Gasteiger partial charge in [-0.2, -0.15) is 20.7 Å². The topological polar surface area (TPSA) is 123 Å². The zero-order chi connectivity index (χ0) is 23.8. The third-order valence-electron chi connectivity index (χ3n) is 4.76. The van der Waals surface area contributed by atoms with Gasteiger partial charge in [-0.25, -0.2) is 5.01 Å². The standard InChI is InChI=1S/C23H21ClN6O3/c1-3-33-22-11-15(6-9-21(22)32-2)20-5-4-10-30(29-20)23(31)18-8-7-16(12-19(18)24)27-28-17(13-25)14-26/h6-9,11-12,27H,3-5,10H2,1-2H3. The lowest BCUT2D eigenvalue weighted by Crippen LogP contribution is -2.32. The lowest BCUT2D eigenvalue weighted by atomic mass is 10.0. The van der Waals surface area contributed by atoms with Gasteiger partial charge in [0.2, 0.25) is 5.71 Å². The first-order valence-electron chi connectivity index (χ1n) is 10.1. The van der Waals surface area contributed by atoms with Gasteiger partial charge in [-0.3, -0.25) is 10.2 Å². The Balaban J connectivity index is 1.83. The summed E-state index contributed by atoms with van der Waals surface area (Å²) in [4.78, 5) is 13.1. The summed E-state index contributed by atoms with van der Waals surface area (Å²) in [6.07, 6.45) is 1.47.